The van der Waals surface area contributed by atoms with Crippen molar-refractivity contribution < 1.29 is 13.9 Å². The molecule has 3 aromatic rings. The lowest BCUT2D eigenvalue weighted by Crippen LogP contribution is -2.22. The van der Waals surface area contributed by atoms with Gasteiger partial charge in [-0.3, -0.25) is 9.48 Å². The van der Waals surface area contributed by atoms with Crippen molar-refractivity contribution in [1.29, 1.82) is 0 Å². The molecule has 1 amide bonds. The SMILES string of the molecule is COc1cc2c(cc1CNC(=O)c1ccc(Cn3nc(C)c(Cl)c3C)o1)CCC2. The Labute approximate surface area is 174 Å². The first-order chi connectivity index (χ1) is 14.0. The lowest BCUT2D eigenvalue weighted by molar-refractivity contribution is 0.0921. The van der Waals surface area contributed by atoms with Crippen molar-refractivity contribution in [2.75, 3.05) is 7.11 Å². The van der Waals surface area contributed by atoms with Gasteiger partial charge in [0.15, 0.2) is 5.76 Å². The molecule has 1 aliphatic rings. The molecule has 2 aromatic heterocycles. The molecule has 1 N–H and O–H groups in total. The normalized spacial score (nSPS) is 12.8. The highest BCUT2D eigenvalue weighted by molar-refractivity contribution is 6.31. The minimum atomic E-state index is -0.259. The van der Waals surface area contributed by atoms with Crippen LogP contribution in [0.1, 0.15) is 50.8 Å². The van der Waals surface area contributed by atoms with Crippen LogP contribution in [0.4, 0.5) is 0 Å². The van der Waals surface area contributed by atoms with Gasteiger partial charge in [-0.2, -0.15) is 5.10 Å². The van der Waals surface area contributed by atoms with E-state index in [-0.39, 0.29) is 11.7 Å². The van der Waals surface area contributed by atoms with E-state index in [4.69, 9.17) is 20.8 Å². The number of carbonyl (C=O) groups is 1. The van der Waals surface area contributed by atoms with Gasteiger partial charge in [0.2, 0.25) is 0 Å². The summed E-state index contributed by atoms with van der Waals surface area (Å²) < 4.78 is 13.0. The Bertz CT molecular complexity index is 1070. The lowest BCUT2D eigenvalue weighted by Gasteiger charge is -2.12. The predicted molar refractivity (Wildman–Crippen MR) is 111 cm³/mol. The maximum absolute atomic E-state index is 12.6. The molecule has 1 aromatic carbocycles. The third-order valence-corrected chi connectivity index (χ3v) is 5.97. The first kappa shape index (κ1) is 19.6. The molecule has 0 radical (unpaired) electrons. The molecule has 0 fully saturated rings. The number of aryl methyl sites for hydroxylation is 3. The van der Waals surface area contributed by atoms with Crippen LogP contribution in [0.3, 0.4) is 0 Å². The molecule has 2 heterocycles. The Morgan fingerprint density at radius 3 is 2.72 bits per heavy atom. The number of aromatic nitrogens is 2. The first-order valence-electron chi connectivity index (χ1n) is 9.71. The molecule has 0 bridgehead atoms. The summed E-state index contributed by atoms with van der Waals surface area (Å²) in [4.78, 5) is 12.6. The topological polar surface area (TPSA) is 69.3 Å². The monoisotopic (exact) mass is 413 g/mol. The summed E-state index contributed by atoms with van der Waals surface area (Å²) in [6.45, 7) is 4.58. The number of benzene rings is 1. The van der Waals surface area contributed by atoms with E-state index >= 15 is 0 Å². The smallest absolute Gasteiger partial charge is 0.287 e. The van der Waals surface area contributed by atoms with Crippen LogP contribution in [0.2, 0.25) is 5.02 Å². The fraction of sp³-hybridized carbons (Fsp3) is 0.364. The minimum absolute atomic E-state index is 0.259. The molecule has 7 heteroatoms. The van der Waals surface area contributed by atoms with Gasteiger partial charge in [0.25, 0.3) is 5.91 Å². The second-order valence-corrected chi connectivity index (χ2v) is 7.76. The molecular weight excluding hydrogens is 390 g/mol. The number of furan rings is 1. The number of nitrogens with zero attached hydrogens (tertiary/aromatic N) is 2. The average molecular weight is 414 g/mol. The quantitative estimate of drug-likeness (QED) is 0.656. The van der Waals surface area contributed by atoms with Crippen LogP contribution in [0, 0.1) is 13.8 Å². The summed E-state index contributed by atoms with van der Waals surface area (Å²) in [5, 5.41) is 7.97. The van der Waals surface area contributed by atoms with E-state index in [1.165, 1.54) is 17.5 Å². The van der Waals surface area contributed by atoms with Crippen molar-refractivity contribution >= 4 is 17.5 Å². The number of hydrogen-bond acceptors (Lipinski definition) is 4. The minimum Gasteiger partial charge on any atom is -0.496 e. The van der Waals surface area contributed by atoms with Crippen molar-refractivity contribution in [3.8, 4) is 5.75 Å². The molecule has 1 aliphatic carbocycles. The van der Waals surface area contributed by atoms with E-state index in [0.29, 0.717) is 23.9 Å². The molecule has 0 unspecified atom stereocenters. The molecule has 0 atom stereocenters. The van der Waals surface area contributed by atoms with Crippen LogP contribution in [-0.2, 0) is 25.9 Å². The van der Waals surface area contributed by atoms with Crippen molar-refractivity contribution in [2.24, 2.45) is 0 Å². The number of ether oxygens (including phenoxy) is 1. The van der Waals surface area contributed by atoms with Gasteiger partial charge in [0.1, 0.15) is 11.5 Å². The Morgan fingerprint density at radius 1 is 1.28 bits per heavy atom. The molecule has 0 spiro atoms. The number of amides is 1. The number of hydrogen-bond donors (Lipinski definition) is 1. The van der Waals surface area contributed by atoms with E-state index in [0.717, 1.165) is 35.5 Å². The zero-order valence-electron chi connectivity index (χ0n) is 16.8. The van der Waals surface area contributed by atoms with Crippen LogP contribution in [0.25, 0.3) is 0 Å². The average Bonchev–Trinajstić information content (AvgIpc) is 3.42. The Kier molecular flexibility index (Phi) is 5.37. The molecule has 29 heavy (non-hydrogen) atoms. The third-order valence-electron chi connectivity index (χ3n) is 5.42. The fourth-order valence-electron chi connectivity index (χ4n) is 3.80. The Hall–Kier alpha value is -2.73. The lowest BCUT2D eigenvalue weighted by atomic mass is 10.0. The number of methoxy groups -OCH3 is 1. The van der Waals surface area contributed by atoms with E-state index in [9.17, 15) is 4.79 Å². The summed E-state index contributed by atoms with van der Waals surface area (Å²) in [6, 6.07) is 7.70. The Morgan fingerprint density at radius 2 is 2.03 bits per heavy atom. The van der Waals surface area contributed by atoms with Gasteiger partial charge in [0.05, 0.1) is 30.1 Å². The molecule has 4 rings (SSSR count). The third kappa shape index (κ3) is 3.90. The zero-order chi connectivity index (χ0) is 20.5. The van der Waals surface area contributed by atoms with Gasteiger partial charge < -0.3 is 14.5 Å². The first-order valence-corrected chi connectivity index (χ1v) is 10.1. The van der Waals surface area contributed by atoms with Gasteiger partial charge >= 0.3 is 0 Å². The van der Waals surface area contributed by atoms with Crippen LogP contribution < -0.4 is 10.1 Å². The highest BCUT2D eigenvalue weighted by atomic mass is 35.5. The van der Waals surface area contributed by atoms with Crippen molar-refractivity contribution in [1.82, 2.24) is 15.1 Å². The summed E-state index contributed by atoms with van der Waals surface area (Å²) in [5.41, 5.74) is 5.31. The molecule has 152 valence electrons. The van der Waals surface area contributed by atoms with Gasteiger partial charge in [-0.05, 0) is 62.4 Å². The van der Waals surface area contributed by atoms with E-state index in [1.54, 1.807) is 23.9 Å². The van der Waals surface area contributed by atoms with Crippen LogP contribution in [0.15, 0.2) is 28.7 Å². The van der Waals surface area contributed by atoms with Crippen molar-refractivity contribution in [3.05, 3.63) is 68.9 Å². The van der Waals surface area contributed by atoms with Gasteiger partial charge in [-0.25, -0.2) is 0 Å². The number of carbonyl (C=O) groups excluding carboxylic acids is 1. The van der Waals surface area contributed by atoms with Crippen molar-refractivity contribution in [2.45, 2.75) is 46.2 Å². The van der Waals surface area contributed by atoms with Crippen LogP contribution in [-0.4, -0.2) is 22.8 Å². The number of fused-ring (bicyclic) bond motifs is 1. The number of halogens is 1. The largest absolute Gasteiger partial charge is 0.496 e. The molecular formula is C22H24ClN3O3. The zero-order valence-corrected chi connectivity index (χ0v) is 17.6. The number of nitrogens with one attached hydrogen (secondary N) is 1. The van der Waals surface area contributed by atoms with Crippen LogP contribution in [0.5, 0.6) is 5.75 Å². The molecule has 0 aliphatic heterocycles. The standard InChI is InChI=1S/C22H24ClN3O3/c1-13-21(23)14(2)26(25-13)12-18-7-8-19(29-18)22(27)24-11-17-9-15-5-4-6-16(15)10-20(17)28-3/h7-10H,4-6,11-12H2,1-3H3,(H,24,27). The number of rotatable bonds is 6. The van der Waals surface area contributed by atoms with E-state index in [1.807, 2.05) is 13.8 Å². The summed E-state index contributed by atoms with van der Waals surface area (Å²) in [6.07, 6.45) is 3.34. The van der Waals surface area contributed by atoms with Gasteiger partial charge in [-0.15, -0.1) is 0 Å². The second-order valence-electron chi connectivity index (χ2n) is 7.38. The fourth-order valence-corrected chi connectivity index (χ4v) is 3.94. The summed E-state index contributed by atoms with van der Waals surface area (Å²) >= 11 is 6.19. The molecule has 0 saturated carbocycles. The van der Waals surface area contributed by atoms with Crippen LogP contribution >= 0.6 is 11.6 Å². The predicted octanol–water partition coefficient (Wildman–Crippen LogP) is 4.22. The van der Waals surface area contributed by atoms with E-state index in [2.05, 4.69) is 22.5 Å². The maximum Gasteiger partial charge on any atom is 0.287 e. The van der Waals surface area contributed by atoms with Gasteiger partial charge in [-0.1, -0.05) is 17.7 Å². The summed E-state index contributed by atoms with van der Waals surface area (Å²) in [5.74, 6) is 1.47. The van der Waals surface area contributed by atoms with E-state index < -0.39 is 0 Å². The van der Waals surface area contributed by atoms with Crippen molar-refractivity contribution in [3.63, 3.8) is 0 Å². The Balaban J connectivity index is 1.43. The van der Waals surface area contributed by atoms with Gasteiger partial charge in [0, 0.05) is 12.1 Å². The summed E-state index contributed by atoms with van der Waals surface area (Å²) in [7, 11) is 1.66. The second kappa shape index (κ2) is 7.95. The molecule has 6 nitrogen and oxygen atoms in total. The highest BCUT2D eigenvalue weighted by Crippen LogP contribution is 2.30. The molecule has 0 saturated heterocycles. The highest BCUT2D eigenvalue weighted by Gasteiger charge is 2.17. The maximum atomic E-state index is 12.6.